The number of ether oxygens (including phenoxy) is 1. The van der Waals surface area contributed by atoms with Crippen LogP contribution in [0.2, 0.25) is 0 Å². The Morgan fingerprint density at radius 3 is 2.21 bits per heavy atom. The van der Waals surface area contributed by atoms with Crippen LogP contribution in [0.3, 0.4) is 0 Å². The third-order valence-corrected chi connectivity index (χ3v) is 4.34. The second-order valence-corrected chi connectivity index (χ2v) is 5.95. The molecule has 1 aliphatic carbocycles. The van der Waals surface area contributed by atoms with Crippen LogP contribution < -0.4 is 5.32 Å². The second-order valence-electron chi connectivity index (χ2n) is 5.95. The Bertz CT molecular complexity index is 578. The highest BCUT2D eigenvalue weighted by Gasteiger charge is 2.33. The highest BCUT2D eigenvalue weighted by molar-refractivity contribution is 5.96. The molecule has 0 bridgehead atoms. The zero-order valence-corrected chi connectivity index (χ0v) is 13.4. The Kier molecular flexibility index (Phi) is 5.85. The molecule has 1 fully saturated rings. The van der Waals surface area contributed by atoms with Crippen LogP contribution in [0.25, 0.3) is 0 Å². The summed E-state index contributed by atoms with van der Waals surface area (Å²) in [6.07, 6.45) is 0.228. The first-order valence-electron chi connectivity index (χ1n) is 7.89. The summed E-state index contributed by atoms with van der Waals surface area (Å²) in [4.78, 5) is 24.3. The number of benzene rings is 1. The normalized spacial score (nSPS) is 17.2. The molecule has 0 aliphatic heterocycles. The molecule has 1 aromatic carbocycles. The first-order valence-corrected chi connectivity index (χ1v) is 7.89. The Balaban J connectivity index is 2.10. The van der Waals surface area contributed by atoms with Crippen LogP contribution in [0.4, 0.5) is 13.2 Å². The van der Waals surface area contributed by atoms with Crippen molar-refractivity contribution in [1.82, 2.24) is 5.32 Å². The molecule has 0 radical (unpaired) electrons. The minimum absolute atomic E-state index is 0.00963. The third-order valence-electron chi connectivity index (χ3n) is 4.34. The highest BCUT2D eigenvalue weighted by atomic mass is 19.4. The molecule has 0 aromatic heterocycles. The van der Waals surface area contributed by atoms with Crippen molar-refractivity contribution in [2.24, 2.45) is 5.92 Å². The quantitative estimate of drug-likeness (QED) is 0.851. The van der Waals surface area contributed by atoms with Crippen LogP contribution in [-0.4, -0.2) is 25.0 Å². The van der Waals surface area contributed by atoms with Crippen molar-refractivity contribution in [2.45, 2.75) is 44.3 Å². The van der Waals surface area contributed by atoms with E-state index in [0.717, 1.165) is 56.4 Å². The van der Waals surface area contributed by atoms with Crippen molar-refractivity contribution in [3.05, 3.63) is 35.4 Å². The van der Waals surface area contributed by atoms with Gasteiger partial charge in [0.2, 0.25) is 0 Å². The number of alkyl halides is 3. The lowest BCUT2D eigenvalue weighted by Crippen LogP contribution is -2.47. The first kappa shape index (κ1) is 18.3. The van der Waals surface area contributed by atoms with E-state index in [0.29, 0.717) is 0 Å². The summed E-state index contributed by atoms with van der Waals surface area (Å²) >= 11 is 0. The van der Waals surface area contributed by atoms with Gasteiger partial charge in [-0.25, -0.2) is 4.79 Å². The van der Waals surface area contributed by atoms with Gasteiger partial charge in [-0.2, -0.15) is 13.2 Å². The van der Waals surface area contributed by atoms with Crippen molar-refractivity contribution >= 4 is 11.9 Å². The molecule has 0 heterocycles. The topological polar surface area (TPSA) is 55.4 Å². The van der Waals surface area contributed by atoms with E-state index in [4.69, 9.17) is 4.74 Å². The number of carbonyl (C=O) groups is 2. The number of nitrogens with one attached hydrogen (secondary N) is 1. The number of hydrogen-bond donors (Lipinski definition) is 1. The van der Waals surface area contributed by atoms with Gasteiger partial charge in [0.05, 0.1) is 12.7 Å². The first-order chi connectivity index (χ1) is 11.3. The fourth-order valence-electron chi connectivity index (χ4n) is 3.00. The zero-order valence-electron chi connectivity index (χ0n) is 13.4. The smallest absolute Gasteiger partial charge is 0.416 e. The Morgan fingerprint density at radius 2 is 1.71 bits per heavy atom. The fraction of sp³-hybridized carbons (Fsp3) is 0.529. The lowest BCUT2D eigenvalue weighted by atomic mass is 9.83. The van der Waals surface area contributed by atoms with Crippen molar-refractivity contribution in [3.63, 3.8) is 0 Å². The van der Waals surface area contributed by atoms with Crippen molar-refractivity contribution in [3.8, 4) is 0 Å². The number of carbonyl (C=O) groups excluding carboxylic acids is 2. The number of hydrogen-bond acceptors (Lipinski definition) is 3. The Morgan fingerprint density at radius 1 is 1.12 bits per heavy atom. The van der Waals surface area contributed by atoms with Gasteiger partial charge in [-0.1, -0.05) is 19.3 Å². The van der Waals surface area contributed by atoms with Crippen molar-refractivity contribution < 1.29 is 27.5 Å². The summed E-state index contributed by atoms with van der Waals surface area (Å²) in [5.41, 5.74) is -0.747. The van der Waals surface area contributed by atoms with Crippen LogP contribution in [0.5, 0.6) is 0 Å². The molecule has 0 spiro atoms. The molecular weight excluding hydrogens is 323 g/mol. The van der Waals surface area contributed by atoms with Crippen LogP contribution >= 0.6 is 0 Å². The fourth-order valence-corrected chi connectivity index (χ4v) is 3.00. The van der Waals surface area contributed by atoms with Crippen LogP contribution in [0.1, 0.15) is 48.0 Å². The molecule has 7 heteroatoms. The van der Waals surface area contributed by atoms with Gasteiger partial charge in [-0.05, 0) is 43.0 Å². The summed E-state index contributed by atoms with van der Waals surface area (Å²) in [5.74, 6) is -1.11. The van der Waals surface area contributed by atoms with E-state index in [9.17, 15) is 22.8 Å². The Hall–Kier alpha value is -2.05. The predicted molar refractivity (Wildman–Crippen MR) is 81.3 cm³/mol. The van der Waals surface area contributed by atoms with E-state index >= 15 is 0 Å². The molecule has 1 amide bonds. The van der Waals surface area contributed by atoms with Gasteiger partial charge in [-0.15, -0.1) is 0 Å². The van der Waals surface area contributed by atoms with E-state index in [-0.39, 0.29) is 11.5 Å². The average molecular weight is 343 g/mol. The summed E-state index contributed by atoms with van der Waals surface area (Å²) in [7, 11) is 1.25. The molecule has 1 aliphatic rings. The minimum Gasteiger partial charge on any atom is -0.467 e. The molecule has 0 unspecified atom stereocenters. The van der Waals surface area contributed by atoms with Gasteiger partial charge in [0, 0.05) is 5.56 Å². The van der Waals surface area contributed by atoms with Gasteiger partial charge in [0.25, 0.3) is 5.91 Å². The third kappa shape index (κ3) is 4.49. The highest BCUT2D eigenvalue weighted by Crippen LogP contribution is 2.29. The monoisotopic (exact) mass is 343 g/mol. The molecule has 1 saturated carbocycles. The number of methoxy groups -OCH3 is 1. The molecule has 132 valence electrons. The maximum absolute atomic E-state index is 12.6. The number of esters is 1. The van der Waals surface area contributed by atoms with Crippen molar-refractivity contribution in [1.29, 1.82) is 0 Å². The molecular formula is C17H20F3NO3. The molecule has 1 N–H and O–H groups in total. The van der Waals surface area contributed by atoms with Crippen LogP contribution in [0, 0.1) is 5.92 Å². The Labute approximate surface area is 138 Å². The van der Waals surface area contributed by atoms with E-state index in [1.54, 1.807) is 0 Å². The number of rotatable bonds is 4. The number of halogens is 3. The summed E-state index contributed by atoms with van der Waals surface area (Å²) in [6, 6.07) is 3.14. The minimum atomic E-state index is -4.45. The van der Waals surface area contributed by atoms with E-state index < -0.39 is 29.7 Å². The van der Waals surface area contributed by atoms with Gasteiger partial charge in [-0.3, -0.25) is 4.79 Å². The van der Waals surface area contributed by atoms with E-state index in [1.807, 2.05) is 0 Å². The molecule has 24 heavy (non-hydrogen) atoms. The summed E-state index contributed by atoms with van der Waals surface area (Å²) in [5, 5.41) is 2.62. The van der Waals surface area contributed by atoms with Crippen LogP contribution in [0.15, 0.2) is 24.3 Å². The summed E-state index contributed by atoms with van der Waals surface area (Å²) in [6.45, 7) is 0. The zero-order chi connectivity index (χ0) is 17.7. The molecule has 1 aromatic rings. The standard InChI is InChI=1S/C17H20F3NO3/c1-24-16(23)14(11-5-3-2-4-6-11)21-15(22)12-7-9-13(10-8-12)17(18,19)20/h7-11,14H,2-6H2,1H3,(H,21,22)/t14-/m1/s1. The van der Waals surface area contributed by atoms with Gasteiger partial charge >= 0.3 is 12.1 Å². The number of amides is 1. The second kappa shape index (κ2) is 7.68. The largest absolute Gasteiger partial charge is 0.467 e. The summed E-state index contributed by atoms with van der Waals surface area (Å²) < 4.78 is 42.5. The van der Waals surface area contributed by atoms with E-state index in [1.165, 1.54) is 7.11 Å². The lowest BCUT2D eigenvalue weighted by molar-refractivity contribution is -0.144. The van der Waals surface area contributed by atoms with Gasteiger partial charge in [0.1, 0.15) is 6.04 Å². The maximum atomic E-state index is 12.6. The molecule has 2 rings (SSSR count). The predicted octanol–water partition coefficient (Wildman–Crippen LogP) is 3.56. The lowest BCUT2D eigenvalue weighted by Gasteiger charge is -2.29. The maximum Gasteiger partial charge on any atom is 0.416 e. The SMILES string of the molecule is COC(=O)[C@H](NC(=O)c1ccc(C(F)(F)F)cc1)C1CCCCC1. The van der Waals surface area contributed by atoms with Crippen molar-refractivity contribution in [2.75, 3.05) is 7.11 Å². The van der Waals surface area contributed by atoms with Gasteiger partial charge in [0.15, 0.2) is 0 Å². The van der Waals surface area contributed by atoms with E-state index in [2.05, 4.69) is 5.32 Å². The van der Waals surface area contributed by atoms with Gasteiger partial charge < -0.3 is 10.1 Å². The molecule has 1 atom stereocenters. The average Bonchev–Trinajstić information content (AvgIpc) is 2.59. The van der Waals surface area contributed by atoms with Crippen LogP contribution in [-0.2, 0) is 15.7 Å². The molecule has 4 nitrogen and oxygen atoms in total. The molecule has 0 saturated heterocycles.